The maximum Gasteiger partial charge on any atom is 0.167 e. The number of rotatable bonds is 4. The van der Waals surface area contributed by atoms with Gasteiger partial charge in [0.2, 0.25) is 0 Å². The van der Waals surface area contributed by atoms with E-state index in [9.17, 15) is 8.78 Å². The average molecular weight is 279 g/mol. The molecule has 1 aromatic carbocycles. The second-order valence-corrected chi connectivity index (χ2v) is 6.02. The zero-order valence-electron chi connectivity index (χ0n) is 10.6. The molecular formula is C15H15F2NS. The Labute approximate surface area is 115 Å². The van der Waals surface area contributed by atoms with Gasteiger partial charge in [0, 0.05) is 21.4 Å². The van der Waals surface area contributed by atoms with Gasteiger partial charge in [-0.1, -0.05) is 12.1 Å². The summed E-state index contributed by atoms with van der Waals surface area (Å²) in [5.74, 6) is -0.864. The Hall–Kier alpha value is -1.26. The summed E-state index contributed by atoms with van der Waals surface area (Å²) in [5, 5.41) is 3.31. The quantitative estimate of drug-likeness (QED) is 0.876. The van der Waals surface area contributed by atoms with Gasteiger partial charge < -0.3 is 5.32 Å². The van der Waals surface area contributed by atoms with Crippen molar-refractivity contribution >= 4 is 11.3 Å². The maximum atomic E-state index is 13.8. The number of benzene rings is 1. The average Bonchev–Trinajstić information content (AvgIpc) is 3.12. The highest BCUT2D eigenvalue weighted by molar-refractivity contribution is 7.15. The molecule has 1 aliphatic rings. The van der Waals surface area contributed by atoms with E-state index in [0.717, 1.165) is 10.9 Å². The lowest BCUT2D eigenvalue weighted by molar-refractivity contribution is 0.511. The van der Waals surface area contributed by atoms with Crippen LogP contribution in [0.5, 0.6) is 0 Å². The Bertz CT molecular complexity index is 590. The molecule has 1 saturated carbocycles. The summed E-state index contributed by atoms with van der Waals surface area (Å²) in [4.78, 5) is 1.98. The summed E-state index contributed by atoms with van der Waals surface area (Å²) in [6.07, 6.45) is 2.49. The minimum absolute atomic E-state index is 0.343. The molecule has 0 aliphatic heterocycles. The van der Waals surface area contributed by atoms with E-state index in [0.29, 0.717) is 17.5 Å². The molecule has 1 fully saturated rings. The summed E-state index contributed by atoms with van der Waals surface area (Å²) >= 11 is 1.54. The molecule has 0 radical (unpaired) electrons. The molecule has 3 rings (SSSR count). The predicted octanol–water partition coefficient (Wildman–Crippen LogP) is 4.36. The van der Waals surface area contributed by atoms with Crippen LogP contribution in [-0.2, 0) is 0 Å². The van der Waals surface area contributed by atoms with Gasteiger partial charge in [-0.05, 0) is 44.0 Å². The molecular weight excluding hydrogens is 264 g/mol. The highest BCUT2D eigenvalue weighted by atomic mass is 32.1. The van der Waals surface area contributed by atoms with Gasteiger partial charge in [0.25, 0.3) is 0 Å². The van der Waals surface area contributed by atoms with E-state index in [-0.39, 0.29) is 0 Å². The minimum Gasteiger partial charge on any atom is -0.312 e. The highest BCUT2D eigenvalue weighted by Crippen LogP contribution is 2.44. The number of thiophene rings is 1. The van der Waals surface area contributed by atoms with Crippen LogP contribution >= 0.6 is 11.3 Å². The lowest BCUT2D eigenvalue weighted by atomic mass is 10.1. The summed E-state index contributed by atoms with van der Waals surface area (Å²) in [7, 11) is 1.95. The third-order valence-corrected chi connectivity index (χ3v) is 4.76. The van der Waals surface area contributed by atoms with Gasteiger partial charge in [0.1, 0.15) is 0 Å². The summed E-state index contributed by atoms with van der Waals surface area (Å²) in [6, 6.07) is 8.56. The minimum atomic E-state index is -0.792. The zero-order valence-corrected chi connectivity index (χ0v) is 11.4. The van der Waals surface area contributed by atoms with Crippen molar-refractivity contribution in [1.29, 1.82) is 0 Å². The molecule has 0 saturated heterocycles. The Balaban J connectivity index is 1.94. The smallest absolute Gasteiger partial charge is 0.167 e. The first-order chi connectivity index (χ1) is 9.20. The fourth-order valence-electron chi connectivity index (χ4n) is 2.40. The molecule has 1 atom stereocenters. The fourth-order valence-corrected chi connectivity index (χ4v) is 3.63. The Morgan fingerprint density at radius 3 is 2.68 bits per heavy atom. The summed E-state index contributed by atoms with van der Waals surface area (Å²) in [6.45, 7) is 0. The van der Waals surface area contributed by atoms with Gasteiger partial charge in [-0.15, -0.1) is 11.3 Å². The van der Waals surface area contributed by atoms with Crippen molar-refractivity contribution < 1.29 is 8.78 Å². The molecule has 4 heteroatoms. The molecule has 19 heavy (non-hydrogen) atoms. The van der Waals surface area contributed by atoms with Crippen molar-refractivity contribution in [3.05, 3.63) is 46.8 Å². The third kappa shape index (κ3) is 2.42. The van der Waals surface area contributed by atoms with Crippen LogP contribution in [0.25, 0.3) is 10.4 Å². The van der Waals surface area contributed by atoms with E-state index >= 15 is 0 Å². The molecule has 0 spiro atoms. The van der Waals surface area contributed by atoms with Crippen molar-refractivity contribution in [2.24, 2.45) is 5.92 Å². The molecule has 2 aromatic rings. The Kier molecular flexibility index (Phi) is 3.37. The van der Waals surface area contributed by atoms with E-state index in [1.165, 1.54) is 17.7 Å². The fraction of sp³-hybridized carbons (Fsp3) is 0.333. The van der Waals surface area contributed by atoms with Gasteiger partial charge in [0.15, 0.2) is 11.6 Å². The second-order valence-electron chi connectivity index (χ2n) is 4.91. The molecule has 1 N–H and O–H groups in total. The molecule has 100 valence electrons. The number of hydrogen-bond acceptors (Lipinski definition) is 2. The Morgan fingerprint density at radius 1 is 1.21 bits per heavy atom. The SMILES string of the molecule is CNC(c1ccc(-c2cccc(F)c2F)s1)C1CC1. The number of nitrogens with one attached hydrogen (secondary N) is 1. The largest absolute Gasteiger partial charge is 0.312 e. The van der Waals surface area contributed by atoms with Crippen molar-refractivity contribution in [3.63, 3.8) is 0 Å². The molecule has 1 aliphatic carbocycles. The molecule has 0 bridgehead atoms. The van der Waals surface area contributed by atoms with E-state index < -0.39 is 11.6 Å². The molecule has 0 amide bonds. The third-order valence-electron chi connectivity index (χ3n) is 3.55. The van der Waals surface area contributed by atoms with Crippen LogP contribution in [0.15, 0.2) is 30.3 Å². The van der Waals surface area contributed by atoms with Crippen LogP contribution < -0.4 is 5.32 Å². The number of halogens is 2. The van der Waals surface area contributed by atoms with Crippen molar-refractivity contribution in [2.45, 2.75) is 18.9 Å². The van der Waals surface area contributed by atoms with Gasteiger partial charge in [0.05, 0.1) is 0 Å². The van der Waals surface area contributed by atoms with E-state index in [4.69, 9.17) is 0 Å². The normalized spacial score (nSPS) is 16.6. The molecule has 1 nitrogen and oxygen atoms in total. The van der Waals surface area contributed by atoms with Crippen LogP contribution in [0.4, 0.5) is 8.78 Å². The summed E-state index contributed by atoms with van der Waals surface area (Å²) < 4.78 is 27.0. The first kappa shape index (κ1) is 12.8. The van der Waals surface area contributed by atoms with Crippen LogP contribution in [-0.4, -0.2) is 7.05 Å². The van der Waals surface area contributed by atoms with Gasteiger partial charge in [-0.3, -0.25) is 0 Å². The standard InChI is InChI=1S/C15H15F2NS/c1-18-15(9-5-6-9)13-8-7-12(19-13)10-3-2-4-11(16)14(10)17/h2-4,7-9,15,18H,5-6H2,1H3. The van der Waals surface area contributed by atoms with Crippen LogP contribution in [0.1, 0.15) is 23.8 Å². The van der Waals surface area contributed by atoms with Crippen molar-refractivity contribution in [1.82, 2.24) is 5.32 Å². The first-order valence-electron chi connectivity index (χ1n) is 6.42. The van der Waals surface area contributed by atoms with E-state index in [1.54, 1.807) is 23.5 Å². The van der Waals surface area contributed by atoms with Crippen LogP contribution in [0.2, 0.25) is 0 Å². The van der Waals surface area contributed by atoms with Crippen molar-refractivity contribution in [3.8, 4) is 10.4 Å². The second kappa shape index (κ2) is 5.02. The zero-order chi connectivity index (χ0) is 13.4. The lowest BCUT2D eigenvalue weighted by Crippen LogP contribution is -2.16. The highest BCUT2D eigenvalue weighted by Gasteiger charge is 2.32. The predicted molar refractivity (Wildman–Crippen MR) is 74.2 cm³/mol. The van der Waals surface area contributed by atoms with E-state index in [1.807, 2.05) is 19.2 Å². The van der Waals surface area contributed by atoms with Crippen LogP contribution in [0.3, 0.4) is 0 Å². The molecule has 1 heterocycles. The van der Waals surface area contributed by atoms with Gasteiger partial charge >= 0.3 is 0 Å². The Morgan fingerprint density at radius 2 is 2.00 bits per heavy atom. The van der Waals surface area contributed by atoms with E-state index in [2.05, 4.69) is 5.32 Å². The van der Waals surface area contributed by atoms with Gasteiger partial charge in [-0.25, -0.2) is 8.78 Å². The molecule has 1 aromatic heterocycles. The molecule has 1 unspecified atom stereocenters. The van der Waals surface area contributed by atoms with Crippen molar-refractivity contribution in [2.75, 3.05) is 7.05 Å². The monoisotopic (exact) mass is 279 g/mol. The number of hydrogen-bond donors (Lipinski definition) is 1. The topological polar surface area (TPSA) is 12.0 Å². The first-order valence-corrected chi connectivity index (χ1v) is 7.23. The summed E-state index contributed by atoms with van der Waals surface area (Å²) in [5.41, 5.74) is 0.349. The maximum absolute atomic E-state index is 13.8. The lowest BCUT2D eigenvalue weighted by Gasteiger charge is -2.12. The van der Waals surface area contributed by atoms with Crippen LogP contribution in [0, 0.1) is 17.6 Å². The van der Waals surface area contributed by atoms with Gasteiger partial charge in [-0.2, -0.15) is 0 Å².